The number of halogens is 1. The summed E-state index contributed by atoms with van der Waals surface area (Å²) in [5, 5.41) is 0. The summed E-state index contributed by atoms with van der Waals surface area (Å²) < 4.78 is 24.3. The first-order chi connectivity index (χ1) is 9.22. The Bertz CT molecular complexity index is 604. The van der Waals surface area contributed by atoms with Gasteiger partial charge in [0.1, 0.15) is 24.3 Å². The van der Waals surface area contributed by atoms with Gasteiger partial charge in [0.25, 0.3) is 0 Å². The van der Waals surface area contributed by atoms with E-state index < -0.39 is 0 Å². The summed E-state index contributed by atoms with van der Waals surface area (Å²) in [5.41, 5.74) is 6.55. The minimum atomic E-state index is -0.250. The van der Waals surface area contributed by atoms with Crippen molar-refractivity contribution < 1.29 is 13.9 Å². The number of anilines is 1. The number of ether oxygens (including phenoxy) is 2. The first kappa shape index (κ1) is 11.8. The predicted molar refractivity (Wildman–Crippen MR) is 68.7 cm³/mol. The highest BCUT2D eigenvalue weighted by Gasteiger charge is 2.24. The summed E-state index contributed by atoms with van der Waals surface area (Å²) in [6.45, 7) is 0.353. The summed E-state index contributed by atoms with van der Waals surface area (Å²) in [6.07, 6.45) is 2.11. The molecule has 5 heteroatoms. The Morgan fingerprint density at radius 2 is 2.32 bits per heavy atom. The molecule has 1 unspecified atom stereocenters. The Labute approximate surface area is 110 Å². The molecule has 1 atom stereocenters. The minimum Gasteiger partial charge on any atom is -0.486 e. The molecule has 2 N–H and O–H groups in total. The standard InChI is InChI=1S/C14H13FN2O2/c15-10-3-4-12-9(6-10)7-11(19-12)8-18-13-2-1-5-17-14(13)16/h1-6,11H,7-8H2,(H2,16,17). The van der Waals surface area contributed by atoms with Crippen LogP contribution in [0.1, 0.15) is 5.56 Å². The lowest BCUT2D eigenvalue weighted by molar-refractivity contribution is 0.149. The number of rotatable bonds is 3. The summed E-state index contributed by atoms with van der Waals surface area (Å²) in [7, 11) is 0. The first-order valence-corrected chi connectivity index (χ1v) is 6.01. The maximum atomic E-state index is 13.1. The second kappa shape index (κ2) is 4.76. The summed E-state index contributed by atoms with van der Waals surface area (Å²) >= 11 is 0. The molecule has 0 bridgehead atoms. The lowest BCUT2D eigenvalue weighted by Crippen LogP contribution is -2.22. The van der Waals surface area contributed by atoms with Crippen LogP contribution in [0.25, 0.3) is 0 Å². The fraction of sp³-hybridized carbons (Fsp3) is 0.214. The fourth-order valence-electron chi connectivity index (χ4n) is 2.09. The Morgan fingerprint density at radius 1 is 1.42 bits per heavy atom. The molecule has 0 saturated carbocycles. The van der Waals surface area contributed by atoms with Gasteiger partial charge >= 0.3 is 0 Å². The Morgan fingerprint density at radius 3 is 3.16 bits per heavy atom. The number of fused-ring (bicyclic) bond motifs is 1. The second-order valence-corrected chi connectivity index (χ2v) is 4.39. The maximum Gasteiger partial charge on any atom is 0.166 e. The molecule has 1 aromatic carbocycles. The Balaban J connectivity index is 1.63. The number of hydrogen-bond acceptors (Lipinski definition) is 4. The van der Waals surface area contributed by atoms with Crippen LogP contribution < -0.4 is 15.2 Å². The van der Waals surface area contributed by atoms with Gasteiger partial charge in [0.2, 0.25) is 0 Å². The van der Waals surface area contributed by atoms with E-state index in [0.717, 1.165) is 5.56 Å². The molecular formula is C14H13FN2O2. The predicted octanol–water partition coefficient (Wildman–Crippen LogP) is 2.19. The van der Waals surface area contributed by atoms with Crippen LogP contribution in [0, 0.1) is 5.82 Å². The van der Waals surface area contributed by atoms with Gasteiger partial charge in [-0.25, -0.2) is 9.37 Å². The molecule has 1 aliphatic rings. The molecular weight excluding hydrogens is 247 g/mol. The van der Waals surface area contributed by atoms with Crippen LogP contribution in [0.3, 0.4) is 0 Å². The number of aromatic nitrogens is 1. The largest absolute Gasteiger partial charge is 0.486 e. The zero-order chi connectivity index (χ0) is 13.2. The monoisotopic (exact) mass is 260 g/mol. The van der Waals surface area contributed by atoms with Gasteiger partial charge in [-0.15, -0.1) is 0 Å². The van der Waals surface area contributed by atoms with Gasteiger partial charge in [-0.1, -0.05) is 0 Å². The number of hydrogen-bond donors (Lipinski definition) is 1. The topological polar surface area (TPSA) is 57.4 Å². The molecule has 1 aromatic heterocycles. The van der Waals surface area contributed by atoms with Crippen molar-refractivity contribution in [3.05, 3.63) is 47.9 Å². The van der Waals surface area contributed by atoms with Gasteiger partial charge < -0.3 is 15.2 Å². The highest BCUT2D eigenvalue weighted by Crippen LogP contribution is 2.29. The molecule has 0 spiro atoms. The SMILES string of the molecule is Nc1ncccc1OCC1Cc2cc(F)ccc2O1. The van der Waals surface area contributed by atoms with E-state index in [4.69, 9.17) is 15.2 Å². The number of benzene rings is 1. The molecule has 0 radical (unpaired) electrons. The van der Waals surface area contributed by atoms with E-state index in [1.807, 2.05) is 0 Å². The van der Waals surface area contributed by atoms with Crippen molar-refractivity contribution in [3.8, 4) is 11.5 Å². The van der Waals surface area contributed by atoms with Gasteiger partial charge in [-0.3, -0.25) is 0 Å². The molecule has 0 amide bonds. The van der Waals surface area contributed by atoms with Gasteiger partial charge in [0.05, 0.1) is 0 Å². The molecule has 4 nitrogen and oxygen atoms in total. The second-order valence-electron chi connectivity index (χ2n) is 4.39. The third-order valence-electron chi connectivity index (χ3n) is 2.99. The summed E-state index contributed by atoms with van der Waals surface area (Å²) in [6, 6.07) is 8.04. The van der Waals surface area contributed by atoms with E-state index in [0.29, 0.717) is 30.3 Å². The molecule has 2 aromatic rings. The minimum absolute atomic E-state index is 0.128. The molecule has 19 heavy (non-hydrogen) atoms. The van der Waals surface area contributed by atoms with Crippen molar-refractivity contribution in [2.45, 2.75) is 12.5 Å². The van der Waals surface area contributed by atoms with Gasteiger partial charge in [-0.05, 0) is 30.3 Å². The first-order valence-electron chi connectivity index (χ1n) is 6.01. The van der Waals surface area contributed by atoms with Gasteiger partial charge in [-0.2, -0.15) is 0 Å². The molecule has 98 valence electrons. The van der Waals surface area contributed by atoms with Crippen molar-refractivity contribution in [2.24, 2.45) is 0 Å². The van der Waals surface area contributed by atoms with Crippen LogP contribution in [-0.2, 0) is 6.42 Å². The van der Waals surface area contributed by atoms with Crippen molar-refractivity contribution in [3.63, 3.8) is 0 Å². The quantitative estimate of drug-likeness (QED) is 0.919. The van der Waals surface area contributed by atoms with Crippen molar-refractivity contribution in [2.75, 3.05) is 12.3 Å². The van der Waals surface area contributed by atoms with Crippen LogP contribution in [0.2, 0.25) is 0 Å². The van der Waals surface area contributed by atoms with E-state index in [-0.39, 0.29) is 11.9 Å². The maximum absolute atomic E-state index is 13.1. The molecule has 1 aliphatic heterocycles. The van der Waals surface area contributed by atoms with Crippen LogP contribution in [0.4, 0.5) is 10.2 Å². The smallest absolute Gasteiger partial charge is 0.166 e. The third-order valence-corrected chi connectivity index (χ3v) is 2.99. The zero-order valence-corrected chi connectivity index (χ0v) is 10.2. The van der Waals surface area contributed by atoms with E-state index >= 15 is 0 Å². The normalized spacial score (nSPS) is 16.8. The van der Waals surface area contributed by atoms with Crippen LogP contribution in [0.5, 0.6) is 11.5 Å². The van der Waals surface area contributed by atoms with Crippen molar-refractivity contribution in [1.82, 2.24) is 4.98 Å². The average Bonchev–Trinajstić information content (AvgIpc) is 2.79. The zero-order valence-electron chi connectivity index (χ0n) is 10.2. The molecule has 0 aliphatic carbocycles. The van der Waals surface area contributed by atoms with E-state index in [9.17, 15) is 4.39 Å². The lowest BCUT2D eigenvalue weighted by Gasteiger charge is -2.13. The highest BCUT2D eigenvalue weighted by atomic mass is 19.1. The van der Waals surface area contributed by atoms with E-state index in [1.165, 1.54) is 12.1 Å². The Kier molecular flexibility index (Phi) is 2.95. The number of nitrogens with two attached hydrogens (primary N) is 1. The van der Waals surface area contributed by atoms with E-state index in [1.54, 1.807) is 24.4 Å². The van der Waals surface area contributed by atoms with Crippen LogP contribution in [-0.4, -0.2) is 17.7 Å². The summed E-state index contributed by atoms with van der Waals surface area (Å²) in [5.74, 6) is 1.35. The molecule has 0 saturated heterocycles. The van der Waals surface area contributed by atoms with Crippen molar-refractivity contribution >= 4 is 5.82 Å². The average molecular weight is 260 g/mol. The number of nitrogen functional groups attached to an aromatic ring is 1. The number of nitrogens with zero attached hydrogens (tertiary/aromatic N) is 1. The van der Waals surface area contributed by atoms with Gasteiger partial charge in [0.15, 0.2) is 11.6 Å². The summed E-state index contributed by atoms with van der Waals surface area (Å²) in [4.78, 5) is 3.94. The van der Waals surface area contributed by atoms with E-state index in [2.05, 4.69) is 4.98 Å². The molecule has 3 rings (SSSR count). The van der Waals surface area contributed by atoms with Crippen LogP contribution >= 0.6 is 0 Å². The van der Waals surface area contributed by atoms with Crippen LogP contribution in [0.15, 0.2) is 36.5 Å². The molecule has 0 fully saturated rings. The highest BCUT2D eigenvalue weighted by molar-refractivity contribution is 5.44. The lowest BCUT2D eigenvalue weighted by atomic mass is 10.1. The van der Waals surface area contributed by atoms with Gasteiger partial charge in [0, 0.05) is 18.2 Å². The fourth-order valence-corrected chi connectivity index (χ4v) is 2.09. The van der Waals surface area contributed by atoms with Crippen molar-refractivity contribution in [1.29, 1.82) is 0 Å². The molecule has 2 heterocycles. The number of pyridine rings is 1. The Hall–Kier alpha value is -2.30. The third kappa shape index (κ3) is 2.45.